The molecule has 7 heteroatoms. The number of carbonyl (C=O) groups is 1. The highest BCUT2D eigenvalue weighted by Crippen LogP contribution is 2.32. The third-order valence-electron chi connectivity index (χ3n) is 4.79. The minimum atomic E-state index is -0.147. The maximum absolute atomic E-state index is 12.6. The van der Waals surface area contributed by atoms with Gasteiger partial charge >= 0.3 is 0 Å². The molecular formula is C20H23N5O2. The molecule has 3 aromatic rings. The molecule has 4 rings (SSSR count). The SMILES string of the molecule is Cc1cnn(CC2CC2)c1NC(=O)c1ccc(OCc2nccn2C)cc1. The summed E-state index contributed by atoms with van der Waals surface area (Å²) in [6, 6.07) is 7.12. The molecule has 1 aromatic carbocycles. The van der Waals surface area contributed by atoms with Crippen molar-refractivity contribution in [2.45, 2.75) is 32.9 Å². The third-order valence-corrected chi connectivity index (χ3v) is 4.79. The number of hydrogen-bond acceptors (Lipinski definition) is 4. The zero-order valence-corrected chi connectivity index (χ0v) is 15.6. The fraction of sp³-hybridized carbons (Fsp3) is 0.350. The lowest BCUT2D eigenvalue weighted by molar-refractivity contribution is 0.102. The molecule has 1 N–H and O–H groups in total. The van der Waals surface area contributed by atoms with Crippen LogP contribution in [0.2, 0.25) is 0 Å². The lowest BCUT2D eigenvalue weighted by atomic mass is 10.2. The Labute approximate surface area is 158 Å². The molecule has 2 heterocycles. The topological polar surface area (TPSA) is 74.0 Å². The fourth-order valence-corrected chi connectivity index (χ4v) is 2.89. The van der Waals surface area contributed by atoms with E-state index in [2.05, 4.69) is 15.4 Å². The summed E-state index contributed by atoms with van der Waals surface area (Å²) >= 11 is 0. The summed E-state index contributed by atoms with van der Waals surface area (Å²) in [4.78, 5) is 16.8. The van der Waals surface area contributed by atoms with Gasteiger partial charge in [-0.25, -0.2) is 9.67 Å². The number of aryl methyl sites for hydroxylation is 2. The number of nitrogens with one attached hydrogen (secondary N) is 1. The van der Waals surface area contributed by atoms with Crippen molar-refractivity contribution in [1.29, 1.82) is 0 Å². The lowest BCUT2D eigenvalue weighted by Crippen LogP contribution is -2.17. The smallest absolute Gasteiger partial charge is 0.256 e. The summed E-state index contributed by atoms with van der Waals surface area (Å²) in [5.74, 6) is 2.86. The Bertz CT molecular complexity index is 938. The molecule has 0 bridgehead atoms. The van der Waals surface area contributed by atoms with Crippen LogP contribution >= 0.6 is 0 Å². The normalized spacial score (nSPS) is 13.6. The van der Waals surface area contributed by atoms with Crippen LogP contribution in [0.15, 0.2) is 42.9 Å². The number of ether oxygens (including phenoxy) is 1. The number of aromatic nitrogens is 4. The van der Waals surface area contributed by atoms with Crippen LogP contribution in [0.3, 0.4) is 0 Å². The number of hydrogen-bond donors (Lipinski definition) is 1. The summed E-state index contributed by atoms with van der Waals surface area (Å²) in [6.45, 7) is 3.21. The van der Waals surface area contributed by atoms with Crippen molar-refractivity contribution in [1.82, 2.24) is 19.3 Å². The van der Waals surface area contributed by atoms with Gasteiger partial charge in [0.05, 0.1) is 6.20 Å². The summed E-state index contributed by atoms with van der Waals surface area (Å²) in [5, 5.41) is 7.38. The Morgan fingerprint density at radius 3 is 2.74 bits per heavy atom. The monoisotopic (exact) mass is 365 g/mol. The molecule has 0 radical (unpaired) electrons. The molecule has 2 aromatic heterocycles. The van der Waals surface area contributed by atoms with Gasteiger partial charge in [0.25, 0.3) is 5.91 Å². The van der Waals surface area contributed by atoms with E-state index in [4.69, 9.17) is 4.74 Å². The molecule has 140 valence electrons. The fourth-order valence-electron chi connectivity index (χ4n) is 2.89. The first-order valence-corrected chi connectivity index (χ1v) is 9.13. The number of nitrogens with zero attached hydrogens (tertiary/aromatic N) is 4. The molecule has 1 aliphatic carbocycles. The Hall–Kier alpha value is -3.09. The highest BCUT2D eigenvalue weighted by atomic mass is 16.5. The molecule has 1 saturated carbocycles. The van der Waals surface area contributed by atoms with Gasteiger partial charge in [-0.2, -0.15) is 5.10 Å². The van der Waals surface area contributed by atoms with Gasteiger partial charge in [0, 0.05) is 37.1 Å². The average Bonchev–Trinajstić information content (AvgIpc) is 3.31. The van der Waals surface area contributed by atoms with Crippen LogP contribution in [0.4, 0.5) is 5.82 Å². The van der Waals surface area contributed by atoms with Crippen LogP contribution in [-0.4, -0.2) is 25.2 Å². The number of rotatable bonds is 7. The van der Waals surface area contributed by atoms with Gasteiger partial charge in [0.15, 0.2) is 0 Å². The Morgan fingerprint density at radius 1 is 1.30 bits per heavy atom. The van der Waals surface area contributed by atoms with Gasteiger partial charge in [-0.15, -0.1) is 0 Å². The molecule has 1 fully saturated rings. The first kappa shape index (κ1) is 17.3. The standard InChI is InChI=1S/C20H23N5O2/c1-14-11-22-25(12-15-3-4-15)19(14)23-20(26)16-5-7-17(8-6-16)27-13-18-21-9-10-24(18)2/h5-11,15H,3-4,12-13H2,1-2H3,(H,23,26). The lowest BCUT2D eigenvalue weighted by Gasteiger charge is -2.11. The maximum atomic E-state index is 12.6. The highest BCUT2D eigenvalue weighted by molar-refractivity contribution is 6.04. The van der Waals surface area contributed by atoms with E-state index in [1.807, 2.05) is 29.4 Å². The van der Waals surface area contributed by atoms with E-state index >= 15 is 0 Å². The van der Waals surface area contributed by atoms with Gasteiger partial charge in [-0.3, -0.25) is 4.79 Å². The van der Waals surface area contributed by atoms with Crippen molar-refractivity contribution in [3.63, 3.8) is 0 Å². The van der Waals surface area contributed by atoms with Gasteiger partial charge < -0.3 is 14.6 Å². The van der Waals surface area contributed by atoms with Crippen LogP contribution in [0, 0.1) is 12.8 Å². The maximum Gasteiger partial charge on any atom is 0.256 e. The number of anilines is 1. The molecule has 0 spiro atoms. The van der Waals surface area contributed by atoms with Crippen molar-refractivity contribution in [2.75, 3.05) is 5.32 Å². The van der Waals surface area contributed by atoms with E-state index in [-0.39, 0.29) is 5.91 Å². The Morgan fingerprint density at radius 2 is 2.07 bits per heavy atom. The summed E-state index contributed by atoms with van der Waals surface area (Å²) < 4.78 is 9.54. The van der Waals surface area contributed by atoms with E-state index in [1.54, 1.807) is 36.7 Å². The summed E-state index contributed by atoms with van der Waals surface area (Å²) in [5.41, 5.74) is 1.55. The van der Waals surface area contributed by atoms with Crippen molar-refractivity contribution >= 4 is 11.7 Å². The zero-order valence-electron chi connectivity index (χ0n) is 15.6. The quantitative estimate of drug-likeness (QED) is 0.698. The zero-order chi connectivity index (χ0) is 18.8. The first-order chi connectivity index (χ1) is 13.1. The predicted molar refractivity (Wildman–Crippen MR) is 102 cm³/mol. The molecule has 7 nitrogen and oxygen atoms in total. The second kappa shape index (κ2) is 7.26. The van der Waals surface area contributed by atoms with Crippen molar-refractivity contribution < 1.29 is 9.53 Å². The summed E-state index contributed by atoms with van der Waals surface area (Å²) in [7, 11) is 1.93. The minimum absolute atomic E-state index is 0.147. The Balaban J connectivity index is 1.39. The van der Waals surface area contributed by atoms with Crippen LogP contribution in [0.5, 0.6) is 5.75 Å². The van der Waals surface area contributed by atoms with E-state index < -0.39 is 0 Å². The predicted octanol–water partition coefficient (Wildman–Crippen LogP) is 3.17. The highest BCUT2D eigenvalue weighted by Gasteiger charge is 2.24. The van der Waals surface area contributed by atoms with Crippen LogP contribution < -0.4 is 10.1 Å². The van der Waals surface area contributed by atoms with Gasteiger partial charge in [-0.1, -0.05) is 0 Å². The number of benzene rings is 1. The van der Waals surface area contributed by atoms with Crippen molar-refractivity contribution in [3.05, 3.63) is 59.8 Å². The van der Waals surface area contributed by atoms with Crippen molar-refractivity contribution in [3.8, 4) is 5.75 Å². The van der Waals surface area contributed by atoms with E-state index in [0.717, 1.165) is 23.8 Å². The number of imidazole rings is 1. The van der Waals surface area contributed by atoms with E-state index in [0.29, 0.717) is 23.8 Å². The van der Waals surface area contributed by atoms with Gasteiger partial charge in [0.2, 0.25) is 0 Å². The molecular weight excluding hydrogens is 342 g/mol. The molecule has 1 amide bonds. The molecule has 1 aliphatic rings. The molecule has 0 saturated heterocycles. The van der Waals surface area contributed by atoms with Crippen LogP contribution in [0.1, 0.15) is 34.6 Å². The van der Waals surface area contributed by atoms with E-state index in [9.17, 15) is 4.79 Å². The van der Waals surface area contributed by atoms with Gasteiger partial charge in [0.1, 0.15) is 24.0 Å². The molecule has 0 unspecified atom stereocenters. The van der Waals surface area contributed by atoms with Crippen LogP contribution in [-0.2, 0) is 20.2 Å². The number of carbonyl (C=O) groups excluding carboxylic acids is 1. The third kappa shape index (κ3) is 4.02. The van der Waals surface area contributed by atoms with Crippen LogP contribution in [0.25, 0.3) is 0 Å². The minimum Gasteiger partial charge on any atom is -0.486 e. The molecule has 0 atom stereocenters. The molecule has 27 heavy (non-hydrogen) atoms. The number of amides is 1. The van der Waals surface area contributed by atoms with Gasteiger partial charge in [-0.05, 0) is 49.9 Å². The average molecular weight is 365 g/mol. The second-order valence-electron chi connectivity index (χ2n) is 7.02. The van der Waals surface area contributed by atoms with E-state index in [1.165, 1.54) is 12.8 Å². The first-order valence-electron chi connectivity index (χ1n) is 9.13. The molecule has 0 aliphatic heterocycles. The largest absolute Gasteiger partial charge is 0.486 e. The van der Waals surface area contributed by atoms with Crippen molar-refractivity contribution in [2.24, 2.45) is 13.0 Å². The second-order valence-corrected chi connectivity index (χ2v) is 7.02. The Kier molecular flexibility index (Phi) is 4.66. The summed E-state index contributed by atoms with van der Waals surface area (Å²) in [6.07, 6.45) is 7.90.